The van der Waals surface area contributed by atoms with E-state index in [0.717, 1.165) is 9.87 Å². The van der Waals surface area contributed by atoms with Crippen molar-refractivity contribution in [2.75, 3.05) is 29.9 Å². The quantitative estimate of drug-likeness (QED) is 0.188. The maximum absolute atomic E-state index is 13.5. The molecule has 0 aliphatic carbocycles. The molecule has 2 amide bonds. The van der Waals surface area contributed by atoms with Gasteiger partial charge in [0, 0.05) is 5.69 Å². The minimum atomic E-state index is -4.10. The van der Waals surface area contributed by atoms with Crippen molar-refractivity contribution >= 4 is 39.4 Å². The molecule has 0 aliphatic rings. The molecule has 216 valence electrons. The second-order valence-corrected chi connectivity index (χ2v) is 10.9. The van der Waals surface area contributed by atoms with Crippen LogP contribution in [0.3, 0.4) is 0 Å². The van der Waals surface area contributed by atoms with Crippen molar-refractivity contribution in [2.24, 2.45) is 5.10 Å². The number of para-hydroxylation sites is 2. The molecule has 0 radical (unpaired) electrons. The number of hydrogen-bond donors (Lipinski definition) is 2. The van der Waals surface area contributed by atoms with E-state index in [1.807, 2.05) is 31.2 Å². The molecule has 2 N–H and O–H groups in total. The lowest BCUT2D eigenvalue weighted by atomic mass is 10.2. The predicted molar refractivity (Wildman–Crippen MR) is 161 cm³/mol. The van der Waals surface area contributed by atoms with E-state index in [0.29, 0.717) is 22.7 Å². The van der Waals surface area contributed by atoms with E-state index in [9.17, 15) is 18.0 Å². The summed E-state index contributed by atoms with van der Waals surface area (Å²) in [6, 6.07) is 28.5. The Morgan fingerprint density at radius 1 is 0.857 bits per heavy atom. The number of benzene rings is 4. The first-order valence-electron chi connectivity index (χ1n) is 12.9. The number of hydrogen-bond acceptors (Lipinski definition) is 7. The minimum Gasteiger partial charge on any atom is -0.495 e. The predicted octanol–water partition coefficient (Wildman–Crippen LogP) is 4.37. The lowest BCUT2D eigenvalue weighted by Gasteiger charge is -2.25. The van der Waals surface area contributed by atoms with Gasteiger partial charge in [-0.3, -0.25) is 13.9 Å². The number of anilines is 2. The summed E-state index contributed by atoms with van der Waals surface area (Å²) in [6.45, 7) is 1.27. The van der Waals surface area contributed by atoms with Gasteiger partial charge in [-0.15, -0.1) is 0 Å². The number of nitrogens with zero attached hydrogens (tertiary/aromatic N) is 2. The third-order valence-electron chi connectivity index (χ3n) is 5.96. The van der Waals surface area contributed by atoms with Crippen molar-refractivity contribution in [3.05, 3.63) is 114 Å². The zero-order valence-electron chi connectivity index (χ0n) is 23.1. The van der Waals surface area contributed by atoms with E-state index in [1.54, 1.807) is 66.7 Å². The maximum atomic E-state index is 13.5. The lowest BCUT2D eigenvalue weighted by molar-refractivity contribution is -0.119. The number of nitrogens with one attached hydrogen (secondary N) is 2. The molecule has 0 unspecified atom stereocenters. The first-order valence-corrected chi connectivity index (χ1v) is 14.3. The number of carbonyl (C=O) groups is 2. The van der Waals surface area contributed by atoms with Crippen molar-refractivity contribution < 1.29 is 27.5 Å². The number of sulfonamides is 1. The smallest absolute Gasteiger partial charge is 0.264 e. The average Bonchev–Trinajstić information content (AvgIpc) is 3.01. The fourth-order valence-electron chi connectivity index (χ4n) is 3.83. The standard InChI is InChI=1S/C31H30N4O6S/c1-23-12-16-25(17-13-23)33-31(37)22-41-26-18-14-24(15-19-26)20-32-34-30(36)21-35(28-10-6-7-11-29(28)40-2)42(38,39)27-8-4-3-5-9-27/h3-20H,21-22H2,1-2H3,(H,33,37)(H,34,36)/b32-20-. The number of hydrazone groups is 1. The molecule has 0 fully saturated rings. The van der Waals surface area contributed by atoms with Crippen molar-refractivity contribution in [1.82, 2.24) is 5.43 Å². The normalized spacial score (nSPS) is 11.1. The van der Waals surface area contributed by atoms with Crippen LogP contribution in [0.5, 0.6) is 11.5 Å². The Kier molecular flexibility index (Phi) is 9.90. The maximum Gasteiger partial charge on any atom is 0.264 e. The number of ether oxygens (including phenoxy) is 2. The lowest BCUT2D eigenvalue weighted by Crippen LogP contribution is -2.39. The molecule has 0 aromatic heterocycles. The Balaban J connectivity index is 1.36. The Labute approximate surface area is 244 Å². The van der Waals surface area contributed by atoms with Gasteiger partial charge in [0.25, 0.3) is 21.8 Å². The van der Waals surface area contributed by atoms with E-state index >= 15 is 0 Å². The van der Waals surface area contributed by atoms with Crippen molar-refractivity contribution in [3.8, 4) is 11.5 Å². The fourth-order valence-corrected chi connectivity index (χ4v) is 5.29. The monoisotopic (exact) mass is 586 g/mol. The second-order valence-electron chi connectivity index (χ2n) is 9.06. The highest BCUT2D eigenvalue weighted by atomic mass is 32.2. The number of rotatable bonds is 12. The van der Waals surface area contributed by atoms with Crippen LogP contribution in [-0.2, 0) is 19.6 Å². The zero-order valence-corrected chi connectivity index (χ0v) is 23.9. The molecule has 0 spiro atoms. The topological polar surface area (TPSA) is 126 Å². The summed E-state index contributed by atoms with van der Waals surface area (Å²) in [6.07, 6.45) is 1.41. The third kappa shape index (κ3) is 7.95. The molecule has 10 nitrogen and oxygen atoms in total. The Bertz CT molecular complexity index is 1640. The summed E-state index contributed by atoms with van der Waals surface area (Å²) in [7, 11) is -2.67. The molecular formula is C31H30N4O6S. The molecule has 4 aromatic rings. The highest BCUT2D eigenvalue weighted by Gasteiger charge is 2.29. The summed E-state index contributed by atoms with van der Waals surface area (Å²) in [5.41, 5.74) is 5.01. The number of carbonyl (C=O) groups excluding carboxylic acids is 2. The van der Waals surface area contributed by atoms with Gasteiger partial charge in [0.1, 0.15) is 18.0 Å². The molecular weight excluding hydrogens is 556 g/mol. The van der Waals surface area contributed by atoms with Crippen molar-refractivity contribution in [1.29, 1.82) is 0 Å². The summed E-state index contributed by atoms with van der Waals surface area (Å²) >= 11 is 0. The van der Waals surface area contributed by atoms with Gasteiger partial charge in [-0.05, 0) is 73.2 Å². The van der Waals surface area contributed by atoms with Gasteiger partial charge in [0.2, 0.25) is 0 Å². The largest absolute Gasteiger partial charge is 0.495 e. The van der Waals surface area contributed by atoms with Crippen LogP contribution in [0.1, 0.15) is 11.1 Å². The highest BCUT2D eigenvalue weighted by Crippen LogP contribution is 2.32. The Hall–Kier alpha value is -5.16. The van der Waals surface area contributed by atoms with Crippen molar-refractivity contribution in [2.45, 2.75) is 11.8 Å². The molecule has 42 heavy (non-hydrogen) atoms. The van der Waals surface area contributed by atoms with Gasteiger partial charge in [0.05, 0.1) is 23.9 Å². The number of amides is 2. The zero-order chi connectivity index (χ0) is 30.0. The number of aryl methyl sites for hydroxylation is 1. The van der Waals surface area contributed by atoms with Crippen LogP contribution in [0.15, 0.2) is 113 Å². The molecule has 4 aromatic carbocycles. The molecule has 11 heteroatoms. The molecule has 0 saturated carbocycles. The van der Waals surface area contributed by atoms with Crippen LogP contribution < -0.4 is 24.5 Å². The molecule has 0 saturated heterocycles. The minimum absolute atomic E-state index is 0.0298. The molecule has 0 aliphatic heterocycles. The third-order valence-corrected chi connectivity index (χ3v) is 7.73. The summed E-state index contributed by atoms with van der Waals surface area (Å²) in [5, 5.41) is 6.72. The molecule has 0 heterocycles. The van der Waals surface area contributed by atoms with Crippen LogP contribution in [0, 0.1) is 6.92 Å². The van der Waals surface area contributed by atoms with Gasteiger partial charge in [-0.25, -0.2) is 13.8 Å². The fraction of sp³-hybridized carbons (Fsp3) is 0.129. The van der Waals surface area contributed by atoms with Gasteiger partial charge < -0.3 is 14.8 Å². The van der Waals surface area contributed by atoms with E-state index in [1.165, 1.54) is 25.5 Å². The van der Waals surface area contributed by atoms with Gasteiger partial charge in [-0.1, -0.05) is 48.0 Å². The summed E-state index contributed by atoms with van der Waals surface area (Å²) in [4.78, 5) is 25.0. The van der Waals surface area contributed by atoms with Crippen LogP contribution in [0.4, 0.5) is 11.4 Å². The average molecular weight is 587 g/mol. The first kappa shape index (κ1) is 29.8. The van der Waals surface area contributed by atoms with Gasteiger partial charge in [0.15, 0.2) is 6.61 Å². The van der Waals surface area contributed by atoms with Crippen LogP contribution in [0.25, 0.3) is 0 Å². The van der Waals surface area contributed by atoms with E-state index in [2.05, 4.69) is 15.8 Å². The summed E-state index contributed by atoms with van der Waals surface area (Å²) < 4.78 is 38.8. The second kappa shape index (κ2) is 14.0. The molecule has 0 bridgehead atoms. The highest BCUT2D eigenvalue weighted by molar-refractivity contribution is 7.92. The molecule has 0 atom stereocenters. The first-order chi connectivity index (χ1) is 20.3. The SMILES string of the molecule is COc1ccccc1N(CC(=O)N/N=C\c1ccc(OCC(=O)Nc2ccc(C)cc2)cc1)S(=O)(=O)c1ccccc1. The van der Waals surface area contributed by atoms with Crippen LogP contribution >= 0.6 is 0 Å². The summed E-state index contributed by atoms with van der Waals surface area (Å²) in [5.74, 6) is -0.170. The van der Waals surface area contributed by atoms with Crippen LogP contribution in [-0.4, -0.2) is 46.7 Å². The van der Waals surface area contributed by atoms with E-state index in [4.69, 9.17) is 9.47 Å². The number of methoxy groups -OCH3 is 1. The Morgan fingerprint density at radius 3 is 2.21 bits per heavy atom. The van der Waals surface area contributed by atoms with Gasteiger partial charge >= 0.3 is 0 Å². The van der Waals surface area contributed by atoms with Gasteiger partial charge in [-0.2, -0.15) is 5.10 Å². The Morgan fingerprint density at radius 2 is 1.52 bits per heavy atom. The van der Waals surface area contributed by atoms with E-state index < -0.39 is 22.5 Å². The van der Waals surface area contributed by atoms with Crippen LogP contribution in [0.2, 0.25) is 0 Å². The van der Waals surface area contributed by atoms with Crippen molar-refractivity contribution in [3.63, 3.8) is 0 Å². The molecule has 4 rings (SSSR count). The van der Waals surface area contributed by atoms with E-state index in [-0.39, 0.29) is 23.1 Å².